The summed E-state index contributed by atoms with van der Waals surface area (Å²) in [6.07, 6.45) is 0. The highest BCUT2D eigenvalue weighted by Gasteiger charge is 2.28. The maximum Gasteiger partial charge on any atom is 0.243 e. The lowest BCUT2D eigenvalue weighted by Gasteiger charge is -2.25. The zero-order valence-electron chi connectivity index (χ0n) is 16.8. The number of hydrogen-bond donors (Lipinski definition) is 0. The number of sulfonamides is 1. The maximum atomic E-state index is 13.3. The van der Waals surface area contributed by atoms with Gasteiger partial charge in [0.15, 0.2) is 0 Å². The molecule has 0 saturated carbocycles. The summed E-state index contributed by atoms with van der Waals surface area (Å²) in [5.41, 5.74) is 0.976. The second kappa shape index (κ2) is 10.2. The van der Waals surface area contributed by atoms with E-state index in [-0.39, 0.29) is 16.5 Å². The van der Waals surface area contributed by atoms with Gasteiger partial charge >= 0.3 is 0 Å². The first kappa shape index (κ1) is 24.5. The van der Waals surface area contributed by atoms with Crippen LogP contribution in [0.2, 0.25) is 15.1 Å². The topological polar surface area (TPSA) is 57.7 Å². The lowest BCUT2D eigenvalue weighted by Crippen LogP contribution is -2.41. The lowest BCUT2D eigenvalue weighted by molar-refractivity contribution is -0.118. The summed E-state index contributed by atoms with van der Waals surface area (Å²) in [6, 6.07) is 15.7. The Labute approximate surface area is 201 Å². The van der Waals surface area contributed by atoms with Crippen LogP contribution in [0.3, 0.4) is 0 Å². The number of hydrogen-bond acceptors (Lipinski definition) is 3. The largest absolute Gasteiger partial charge is 0.314 e. The molecule has 0 N–H and O–H groups in total. The van der Waals surface area contributed by atoms with Crippen LogP contribution in [0.5, 0.6) is 0 Å². The predicted molar refractivity (Wildman–Crippen MR) is 125 cm³/mol. The average Bonchev–Trinajstić information content (AvgIpc) is 2.76. The van der Waals surface area contributed by atoms with Crippen molar-refractivity contribution in [3.05, 3.63) is 93.2 Å². The van der Waals surface area contributed by atoms with Crippen molar-refractivity contribution < 1.29 is 17.6 Å². The van der Waals surface area contributed by atoms with Gasteiger partial charge < -0.3 is 4.90 Å². The Bertz CT molecular complexity index is 1220. The molecule has 0 saturated heterocycles. The quantitative estimate of drug-likeness (QED) is 0.409. The van der Waals surface area contributed by atoms with E-state index in [0.717, 1.165) is 4.31 Å². The van der Waals surface area contributed by atoms with Crippen molar-refractivity contribution in [2.45, 2.75) is 11.4 Å². The summed E-state index contributed by atoms with van der Waals surface area (Å²) in [7, 11) is -2.58. The number of benzene rings is 3. The van der Waals surface area contributed by atoms with E-state index in [1.54, 1.807) is 18.2 Å². The Morgan fingerprint density at radius 2 is 1.53 bits per heavy atom. The van der Waals surface area contributed by atoms with Gasteiger partial charge in [0.1, 0.15) is 5.82 Å². The van der Waals surface area contributed by atoms with E-state index in [1.165, 1.54) is 60.5 Å². The van der Waals surface area contributed by atoms with Crippen molar-refractivity contribution in [1.82, 2.24) is 4.31 Å². The fourth-order valence-electron chi connectivity index (χ4n) is 2.89. The fraction of sp³-hybridized carbons (Fsp3) is 0.136. The standard InChI is InChI=1S/C22H18Cl3FN2O3S/c1-27(18-7-5-17(26)6-8-18)22(29)14-28(13-15-2-11-20(24)21(25)12-15)32(30,31)19-9-3-16(23)4-10-19/h2-12H,13-14H2,1H3. The molecule has 0 aliphatic heterocycles. The smallest absolute Gasteiger partial charge is 0.243 e. The van der Waals surface area contributed by atoms with Gasteiger partial charge in [-0.3, -0.25) is 4.79 Å². The van der Waals surface area contributed by atoms with Crippen LogP contribution in [-0.2, 0) is 21.4 Å². The Hall–Kier alpha value is -2.16. The van der Waals surface area contributed by atoms with Gasteiger partial charge in [0.05, 0.1) is 21.5 Å². The number of nitrogens with zero attached hydrogens (tertiary/aromatic N) is 2. The normalized spacial score (nSPS) is 11.6. The molecule has 0 atom stereocenters. The third-order valence-corrected chi connectivity index (χ3v) is 7.49. The molecule has 0 radical (unpaired) electrons. The van der Waals surface area contributed by atoms with Gasteiger partial charge in [0.2, 0.25) is 15.9 Å². The molecular formula is C22H18Cl3FN2O3S. The molecule has 0 heterocycles. The van der Waals surface area contributed by atoms with Crippen LogP contribution in [0, 0.1) is 5.82 Å². The highest BCUT2D eigenvalue weighted by Crippen LogP contribution is 2.26. The lowest BCUT2D eigenvalue weighted by atomic mass is 10.2. The third-order valence-electron chi connectivity index (χ3n) is 4.69. The molecule has 0 aliphatic rings. The van der Waals surface area contributed by atoms with Crippen molar-refractivity contribution in [3.63, 3.8) is 0 Å². The van der Waals surface area contributed by atoms with Crippen LogP contribution in [0.4, 0.5) is 10.1 Å². The van der Waals surface area contributed by atoms with E-state index in [9.17, 15) is 17.6 Å². The first-order valence-corrected chi connectivity index (χ1v) is 11.9. The van der Waals surface area contributed by atoms with Gasteiger partial charge in [-0.2, -0.15) is 4.31 Å². The molecule has 0 bridgehead atoms. The Morgan fingerprint density at radius 3 is 2.12 bits per heavy atom. The van der Waals surface area contributed by atoms with Gasteiger partial charge in [-0.1, -0.05) is 40.9 Å². The molecule has 0 aliphatic carbocycles. The van der Waals surface area contributed by atoms with E-state index in [4.69, 9.17) is 34.8 Å². The molecule has 0 unspecified atom stereocenters. The number of anilines is 1. The molecule has 1 amide bonds. The molecule has 0 aromatic heterocycles. The monoisotopic (exact) mass is 514 g/mol. The summed E-state index contributed by atoms with van der Waals surface area (Å²) in [6.45, 7) is -0.579. The average molecular weight is 516 g/mol. The molecule has 168 valence electrons. The van der Waals surface area contributed by atoms with Crippen molar-refractivity contribution in [1.29, 1.82) is 0 Å². The van der Waals surface area contributed by atoms with Crippen molar-refractivity contribution in [2.24, 2.45) is 0 Å². The second-order valence-electron chi connectivity index (χ2n) is 6.90. The van der Waals surface area contributed by atoms with Crippen LogP contribution in [-0.4, -0.2) is 32.2 Å². The maximum absolute atomic E-state index is 13.3. The number of amides is 1. The summed E-state index contributed by atoms with van der Waals surface area (Å²) >= 11 is 17.9. The van der Waals surface area contributed by atoms with Gasteiger partial charge in [0.25, 0.3) is 0 Å². The van der Waals surface area contributed by atoms with Crippen LogP contribution < -0.4 is 4.90 Å². The minimum Gasteiger partial charge on any atom is -0.314 e. The predicted octanol–water partition coefficient (Wildman–Crippen LogP) is 5.64. The van der Waals surface area contributed by atoms with Crippen molar-refractivity contribution >= 4 is 56.4 Å². The van der Waals surface area contributed by atoms with E-state index < -0.39 is 28.3 Å². The summed E-state index contributed by atoms with van der Waals surface area (Å²) in [5.74, 6) is -0.949. The molecule has 5 nitrogen and oxygen atoms in total. The fourth-order valence-corrected chi connectivity index (χ4v) is 4.71. The number of rotatable bonds is 7. The summed E-state index contributed by atoms with van der Waals surface area (Å²) in [4.78, 5) is 14.2. The molecule has 0 spiro atoms. The minimum atomic E-state index is -4.07. The number of halogens is 4. The van der Waals surface area contributed by atoms with Gasteiger partial charge in [-0.15, -0.1) is 0 Å². The molecule has 32 heavy (non-hydrogen) atoms. The van der Waals surface area contributed by atoms with Crippen LogP contribution in [0.15, 0.2) is 71.6 Å². The van der Waals surface area contributed by atoms with E-state index >= 15 is 0 Å². The van der Waals surface area contributed by atoms with E-state index in [0.29, 0.717) is 21.3 Å². The molecule has 3 aromatic carbocycles. The highest BCUT2D eigenvalue weighted by molar-refractivity contribution is 7.89. The Morgan fingerprint density at radius 1 is 0.906 bits per heavy atom. The van der Waals surface area contributed by atoms with Gasteiger partial charge in [-0.05, 0) is 66.2 Å². The second-order valence-corrected chi connectivity index (χ2v) is 10.1. The van der Waals surface area contributed by atoms with Crippen LogP contribution >= 0.6 is 34.8 Å². The van der Waals surface area contributed by atoms with Gasteiger partial charge in [0, 0.05) is 24.3 Å². The SMILES string of the molecule is CN(C(=O)CN(Cc1ccc(Cl)c(Cl)c1)S(=O)(=O)c1ccc(Cl)cc1)c1ccc(F)cc1. The Balaban J connectivity index is 1.93. The highest BCUT2D eigenvalue weighted by atomic mass is 35.5. The zero-order valence-corrected chi connectivity index (χ0v) is 19.9. The molecule has 10 heteroatoms. The number of carbonyl (C=O) groups is 1. The first-order chi connectivity index (χ1) is 15.1. The van der Waals surface area contributed by atoms with Gasteiger partial charge in [-0.25, -0.2) is 12.8 Å². The number of likely N-dealkylation sites (N-methyl/N-ethyl adjacent to an activating group) is 1. The summed E-state index contributed by atoms with van der Waals surface area (Å²) < 4.78 is 40.9. The number of carbonyl (C=O) groups excluding carboxylic acids is 1. The van der Waals surface area contributed by atoms with Crippen molar-refractivity contribution in [3.8, 4) is 0 Å². The molecule has 0 fully saturated rings. The zero-order chi connectivity index (χ0) is 23.5. The molecule has 3 rings (SSSR count). The first-order valence-electron chi connectivity index (χ1n) is 9.29. The van der Waals surface area contributed by atoms with Crippen LogP contribution in [0.25, 0.3) is 0 Å². The Kier molecular flexibility index (Phi) is 7.79. The van der Waals surface area contributed by atoms with Crippen LogP contribution in [0.1, 0.15) is 5.56 Å². The van der Waals surface area contributed by atoms with E-state index in [1.807, 2.05) is 0 Å². The minimum absolute atomic E-state index is 0.0146. The molecular weight excluding hydrogens is 498 g/mol. The molecule has 3 aromatic rings. The third kappa shape index (κ3) is 5.79. The van der Waals surface area contributed by atoms with E-state index in [2.05, 4.69) is 0 Å². The summed E-state index contributed by atoms with van der Waals surface area (Å²) in [5, 5.41) is 0.976. The van der Waals surface area contributed by atoms with Crippen molar-refractivity contribution in [2.75, 3.05) is 18.5 Å².